The second-order valence-electron chi connectivity index (χ2n) is 7.80. The van der Waals surface area contributed by atoms with Gasteiger partial charge >= 0.3 is 0 Å². The van der Waals surface area contributed by atoms with Crippen molar-refractivity contribution < 1.29 is 9.32 Å². The van der Waals surface area contributed by atoms with Crippen LogP contribution in [0.1, 0.15) is 52.6 Å². The standard InChI is InChI=1S/C24H28N4O2/c1-3-19-9-11-20(12-10-19)17-27-14-13-22(23-25-18(2)26-30-23)28(16-15-27)24(29)21-7-5-4-6-8-21/h4-12,22H,3,13-17H2,1-2H3. The Morgan fingerprint density at radius 3 is 2.43 bits per heavy atom. The molecule has 2 aromatic carbocycles. The molecule has 4 rings (SSSR count). The van der Waals surface area contributed by atoms with Gasteiger partial charge in [-0.1, -0.05) is 54.5 Å². The second kappa shape index (κ2) is 9.22. The normalized spacial score (nSPS) is 17.7. The monoisotopic (exact) mass is 404 g/mol. The molecule has 1 aromatic heterocycles. The number of carbonyl (C=O) groups excluding carboxylic acids is 1. The molecule has 1 saturated heterocycles. The summed E-state index contributed by atoms with van der Waals surface area (Å²) in [6.07, 6.45) is 1.80. The predicted molar refractivity (Wildman–Crippen MR) is 115 cm³/mol. The van der Waals surface area contributed by atoms with Crippen LogP contribution in [0.2, 0.25) is 0 Å². The molecule has 1 fully saturated rings. The van der Waals surface area contributed by atoms with E-state index >= 15 is 0 Å². The number of carbonyl (C=O) groups is 1. The lowest BCUT2D eigenvalue weighted by Gasteiger charge is -2.27. The maximum Gasteiger partial charge on any atom is 0.254 e. The Bertz CT molecular complexity index is 968. The van der Waals surface area contributed by atoms with Gasteiger partial charge in [0.2, 0.25) is 5.89 Å². The van der Waals surface area contributed by atoms with E-state index < -0.39 is 0 Å². The van der Waals surface area contributed by atoms with Crippen molar-refractivity contribution in [2.75, 3.05) is 19.6 Å². The average molecular weight is 405 g/mol. The van der Waals surface area contributed by atoms with Crippen LogP contribution in [-0.2, 0) is 13.0 Å². The minimum Gasteiger partial charge on any atom is -0.337 e. The van der Waals surface area contributed by atoms with Crippen molar-refractivity contribution in [1.29, 1.82) is 0 Å². The molecule has 1 unspecified atom stereocenters. The van der Waals surface area contributed by atoms with Crippen molar-refractivity contribution >= 4 is 5.91 Å². The topological polar surface area (TPSA) is 62.5 Å². The molecule has 0 radical (unpaired) electrons. The Morgan fingerprint density at radius 1 is 1.03 bits per heavy atom. The largest absolute Gasteiger partial charge is 0.337 e. The third-order valence-corrected chi connectivity index (χ3v) is 5.70. The summed E-state index contributed by atoms with van der Waals surface area (Å²) in [7, 11) is 0. The van der Waals surface area contributed by atoms with E-state index in [1.54, 1.807) is 6.92 Å². The summed E-state index contributed by atoms with van der Waals surface area (Å²) in [5, 5.41) is 3.95. The van der Waals surface area contributed by atoms with Crippen LogP contribution in [0.3, 0.4) is 0 Å². The highest BCUT2D eigenvalue weighted by Crippen LogP contribution is 2.28. The number of benzene rings is 2. The van der Waals surface area contributed by atoms with Crippen LogP contribution in [0.4, 0.5) is 0 Å². The zero-order valence-corrected chi connectivity index (χ0v) is 17.6. The Labute approximate surface area is 177 Å². The van der Waals surface area contributed by atoms with Gasteiger partial charge in [0.25, 0.3) is 5.91 Å². The minimum atomic E-state index is -0.216. The van der Waals surface area contributed by atoms with E-state index in [9.17, 15) is 4.79 Å². The summed E-state index contributed by atoms with van der Waals surface area (Å²) in [6, 6.07) is 18.0. The van der Waals surface area contributed by atoms with Crippen LogP contribution >= 0.6 is 0 Å². The smallest absolute Gasteiger partial charge is 0.254 e. The molecule has 1 aliphatic rings. The Kier molecular flexibility index (Phi) is 6.23. The molecule has 6 nitrogen and oxygen atoms in total. The van der Waals surface area contributed by atoms with Crippen LogP contribution in [0.25, 0.3) is 0 Å². The van der Waals surface area contributed by atoms with E-state index in [2.05, 4.69) is 46.2 Å². The van der Waals surface area contributed by atoms with Gasteiger partial charge < -0.3 is 9.42 Å². The molecule has 1 atom stereocenters. The van der Waals surface area contributed by atoms with Gasteiger partial charge in [0.05, 0.1) is 0 Å². The third-order valence-electron chi connectivity index (χ3n) is 5.70. The Balaban J connectivity index is 1.54. The van der Waals surface area contributed by atoms with E-state index in [1.165, 1.54) is 11.1 Å². The maximum absolute atomic E-state index is 13.3. The van der Waals surface area contributed by atoms with Gasteiger partial charge in [0.15, 0.2) is 5.82 Å². The van der Waals surface area contributed by atoms with Crippen molar-refractivity contribution in [3.8, 4) is 0 Å². The molecule has 6 heteroatoms. The Hall–Kier alpha value is -2.99. The summed E-state index contributed by atoms with van der Waals surface area (Å²) in [5.41, 5.74) is 3.32. The van der Waals surface area contributed by atoms with E-state index in [-0.39, 0.29) is 11.9 Å². The van der Waals surface area contributed by atoms with E-state index in [4.69, 9.17) is 4.52 Å². The quantitative estimate of drug-likeness (QED) is 0.642. The van der Waals surface area contributed by atoms with Crippen molar-refractivity contribution in [2.24, 2.45) is 0 Å². The molecule has 1 aliphatic heterocycles. The van der Waals surface area contributed by atoms with E-state index in [0.29, 0.717) is 23.8 Å². The summed E-state index contributed by atoms with van der Waals surface area (Å²) in [5.74, 6) is 1.12. The molecule has 0 saturated carbocycles. The number of rotatable bonds is 5. The lowest BCUT2D eigenvalue weighted by molar-refractivity contribution is 0.0650. The lowest BCUT2D eigenvalue weighted by atomic mass is 10.1. The van der Waals surface area contributed by atoms with Crippen molar-refractivity contribution in [3.05, 3.63) is 83.0 Å². The second-order valence-corrected chi connectivity index (χ2v) is 7.80. The fraction of sp³-hybridized carbons (Fsp3) is 0.375. The third kappa shape index (κ3) is 4.60. The molecule has 1 amide bonds. The highest BCUT2D eigenvalue weighted by atomic mass is 16.5. The molecule has 156 valence electrons. The highest BCUT2D eigenvalue weighted by molar-refractivity contribution is 5.94. The average Bonchev–Trinajstić information content (AvgIpc) is 3.11. The number of aryl methyl sites for hydroxylation is 2. The van der Waals surface area contributed by atoms with Gasteiger partial charge in [-0.05, 0) is 43.0 Å². The molecule has 2 heterocycles. The summed E-state index contributed by atoms with van der Waals surface area (Å²) in [6.45, 7) is 7.12. The lowest BCUT2D eigenvalue weighted by Crippen LogP contribution is -2.37. The van der Waals surface area contributed by atoms with Crippen LogP contribution in [0, 0.1) is 6.92 Å². The SMILES string of the molecule is CCc1ccc(CN2CCC(c3nc(C)no3)N(C(=O)c3ccccc3)CC2)cc1. The first-order valence-corrected chi connectivity index (χ1v) is 10.6. The molecule has 3 aromatic rings. The zero-order chi connectivity index (χ0) is 20.9. The number of hydrogen-bond donors (Lipinski definition) is 0. The van der Waals surface area contributed by atoms with Crippen LogP contribution in [0.5, 0.6) is 0 Å². The summed E-state index contributed by atoms with van der Waals surface area (Å²) >= 11 is 0. The van der Waals surface area contributed by atoms with Crippen molar-refractivity contribution in [1.82, 2.24) is 19.9 Å². The van der Waals surface area contributed by atoms with Gasteiger partial charge in [-0.15, -0.1) is 0 Å². The molecular formula is C24H28N4O2. The Morgan fingerprint density at radius 2 is 1.77 bits per heavy atom. The molecule has 0 N–H and O–H groups in total. The maximum atomic E-state index is 13.3. The van der Waals surface area contributed by atoms with Crippen molar-refractivity contribution in [2.45, 2.75) is 39.3 Å². The first-order valence-electron chi connectivity index (χ1n) is 10.6. The molecular weight excluding hydrogens is 376 g/mol. The summed E-state index contributed by atoms with van der Waals surface area (Å²) in [4.78, 5) is 22.0. The zero-order valence-electron chi connectivity index (χ0n) is 17.6. The van der Waals surface area contributed by atoms with Crippen LogP contribution in [0.15, 0.2) is 59.1 Å². The number of aromatic nitrogens is 2. The highest BCUT2D eigenvalue weighted by Gasteiger charge is 2.33. The number of nitrogens with zero attached hydrogens (tertiary/aromatic N) is 4. The summed E-state index contributed by atoms with van der Waals surface area (Å²) < 4.78 is 5.48. The van der Waals surface area contributed by atoms with E-state index in [0.717, 1.165) is 32.5 Å². The van der Waals surface area contributed by atoms with Gasteiger partial charge in [0.1, 0.15) is 6.04 Å². The number of amides is 1. The molecule has 0 bridgehead atoms. The van der Waals surface area contributed by atoms with Crippen LogP contribution < -0.4 is 0 Å². The minimum absolute atomic E-state index is 0.00519. The molecule has 0 spiro atoms. The fourth-order valence-corrected chi connectivity index (χ4v) is 3.97. The number of hydrogen-bond acceptors (Lipinski definition) is 5. The van der Waals surface area contributed by atoms with Crippen LogP contribution in [-0.4, -0.2) is 45.5 Å². The van der Waals surface area contributed by atoms with Gasteiger partial charge in [-0.3, -0.25) is 9.69 Å². The van der Waals surface area contributed by atoms with Gasteiger partial charge in [0, 0.05) is 31.7 Å². The first-order chi connectivity index (χ1) is 14.6. The fourth-order valence-electron chi connectivity index (χ4n) is 3.97. The predicted octanol–water partition coefficient (Wildman–Crippen LogP) is 4.03. The molecule has 30 heavy (non-hydrogen) atoms. The van der Waals surface area contributed by atoms with Gasteiger partial charge in [-0.2, -0.15) is 4.98 Å². The first kappa shape index (κ1) is 20.3. The van der Waals surface area contributed by atoms with Crippen molar-refractivity contribution in [3.63, 3.8) is 0 Å². The molecule has 0 aliphatic carbocycles. The van der Waals surface area contributed by atoms with Gasteiger partial charge in [-0.25, -0.2) is 0 Å². The van der Waals surface area contributed by atoms with E-state index in [1.807, 2.05) is 35.2 Å².